The molecule has 2 aromatic heterocycles. The minimum atomic E-state index is -4.50. The number of nitrogens with zero attached hydrogens (tertiary/aromatic N) is 2. The van der Waals surface area contributed by atoms with Gasteiger partial charge >= 0.3 is 6.18 Å². The Labute approximate surface area is 139 Å². The molecule has 0 atom stereocenters. The number of alkyl halides is 3. The standard InChI is InChI=1S/C16H12F3N3OS/c1-10-3-6-14(24-10)15(23)21-12-9-11(16(17,18)19)4-5-13(12)22-8-2-7-20-22/h2-9H,1H3,(H,21,23). The molecule has 0 saturated heterocycles. The first-order valence-corrected chi connectivity index (χ1v) is 7.75. The fourth-order valence-electron chi connectivity index (χ4n) is 2.16. The van der Waals surface area contributed by atoms with Crippen LogP contribution in [0.2, 0.25) is 0 Å². The van der Waals surface area contributed by atoms with Crippen molar-refractivity contribution in [2.45, 2.75) is 13.1 Å². The lowest BCUT2D eigenvalue weighted by atomic mass is 10.1. The van der Waals surface area contributed by atoms with Crippen LogP contribution >= 0.6 is 11.3 Å². The zero-order valence-electron chi connectivity index (χ0n) is 12.5. The number of hydrogen-bond acceptors (Lipinski definition) is 3. The number of halogens is 3. The summed E-state index contributed by atoms with van der Waals surface area (Å²) >= 11 is 1.27. The number of aromatic nitrogens is 2. The fourth-order valence-corrected chi connectivity index (χ4v) is 2.93. The molecule has 24 heavy (non-hydrogen) atoms. The molecule has 0 fully saturated rings. The Kier molecular flexibility index (Phi) is 4.15. The van der Waals surface area contributed by atoms with Crippen LogP contribution in [0.4, 0.5) is 18.9 Å². The summed E-state index contributed by atoms with van der Waals surface area (Å²) in [7, 11) is 0. The van der Waals surface area contributed by atoms with Gasteiger partial charge in [0.15, 0.2) is 0 Å². The number of anilines is 1. The minimum Gasteiger partial charge on any atom is -0.319 e. The third-order valence-corrected chi connectivity index (χ3v) is 4.29. The van der Waals surface area contributed by atoms with Crippen molar-refractivity contribution in [3.05, 3.63) is 64.1 Å². The number of benzene rings is 1. The van der Waals surface area contributed by atoms with Crippen molar-refractivity contribution in [1.82, 2.24) is 9.78 Å². The smallest absolute Gasteiger partial charge is 0.319 e. The fraction of sp³-hybridized carbons (Fsp3) is 0.125. The lowest BCUT2D eigenvalue weighted by Gasteiger charge is -2.14. The molecule has 3 rings (SSSR count). The van der Waals surface area contributed by atoms with Gasteiger partial charge in [0, 0.05) is 17.3 Å². The molecular formula is C16H12F3N3OS. The molecule has 8 heteroatoms. The van der Waals surface area contributed by atoms with Gasteiger partial charge in [0.2, 0.25) is 0 Å². The molecule has 2 heterocycles. The number of thiophene rings is 1. The number of amides is 1. The van der Waals surface area contributed by atoms with E-state index in [-0.39, 0.29) is 5.69 Å². The molecule has 1 N–H and O–H groups in total. The number of rotatable bonds is 3. The maximum Gasteiger partial charge on any atom is 0.416 e. The molecule has 0 unspecified atom stereocenters. The van der Waals surface area contributed by atoms with Crippen molar-refractivity contribution in [3.63, 3.8) is 0 Å². The molecule has 4 nitrogen and oxygen atoms in total. The van der Waals surface area contributed by atoms with Gasteiger partial charge in [-0.1, -0.05) is 0 Å². The number of nitrogens with one attached hydrogen (secondary N) is 1. The molecular weight excluding hydrogens is 339 g/mol. The van der Waals surface area contributed by atoms with Gasteiger partial charge in [-0.05, 0) is 43.3 Å². The Hall–Kier alpha value is -2.61. The quantitative estimate of drug-likeness (QED) is 0.754. The third-order valence-electron chi connectivity index (χ3n) is 3.29. The highest BCUT2D eigenvalue weighted by Gasteiger charge is 2.31. The summed E-state index contributed by atoms with van der Waals surface area (Å²) in [5.41, 5.74) is -0.435. The minimum absolute atomic E-state index is 0.0459. The highest BCUT2D eigenvalue weighted by atomic mass is 32.1. The Morgan fingerprint density at radius 1 is 1.25 bits per heavy atom. The predicted octanol–water partition coefficient (Wildman–Crippen LogP) is 4.51. The summed E-state index contributed by atoms with van der Waals surface area (Å²) in [6.45, 7) is 1.85. The second kappa shape index (κ2) is 6.12. The van der Waals surface area contributed by atoms with Crippen LogP contribution in [0, 0.1) is 6.92 Å². The van der Waals surface area contributed by atoms with Gasteiger partial charge in [0.25, 0.3) is 5.91 Å². The summed E-state index contributed by atoms with van der Waals surface area (Å²) in [5, 5.41) is 6.56. The van der Waals surface area contributed by atoms with Crippen LogP contribution in [-0.2, 0) is 6.18 Å². The summed E-state index contributed by atoms with van der Waals surface area (Å²) < 4.78 is 40.3. The van der Waals surface area contributed by atoms with Gasteiger partial charge in [-0.3, -0.25) is 4.79 Å². The van der Waals surface area contributed by atoms with Crippen LogP contribution < -0.4 is 5.32 Å². The number of carbonyl (C=O) groups excluding carboxylic acids is 1. The normalized spacial score (nSPS) is 11.5. The predicted molar refractivity (Wildman–Crippen MR) is 85.6 cm³/mol. The van der Waals surface area contributed by atoms with Crippen molar-refractivity contribution >= 4 is 22.9 Å². The van der Waals surface area contributed by atoms with Gasteiger partial charge in [-0.15, -0.1) is 11.3 Å². The van der Waals surface area contributed by atoms with Crippen molar-refractivity contribution in [3.8, 4) is 5.69 Å². The van der Waals surface area contributed by atoms with Crippen LogP contribution in [0.15, 0.2) is 48.8 Å². The zero-order valence-corrected chi connectivity index (χ0v) is 13.3. The van der Waals surface area contributed by atoms with Crippen molar-refractivity contribution in [2.75, 3.05) is 5.32 Å². The van der Waals surface area contributed by atoms with Crippen molar-refractivity contribution < 1.29 is 18.0 Å². The summed E-state index contributed by atoms with van der Waals surface area (Å²) in [6, 6.07) is 8.21. The second-order valence-corrected chi connectivity index (χ2v) is 6.33. The number of aryl methyl sites for hydroxylation is 1. The Morgan fingerprint density at radius 3 is 2.62 bits per heavy atom. The average Bonchev–Trinajstić information content (AvgIpc) is 3.17. The van der Waals surface area contributed by atoms with Crippen LogP contribution in [0.1, 0.15) is 20.1 Å². The highest BCUT2D eigenvalue weighted by molar-refractivity contribution is 7.14. The van der Waals surface area contributed by atoms with Crippen molar-refractivity contribution in [2.24, 2.45) is 0 Å². The molecule has 0 radical (unpaired) electrons. The summed E-state index contributed by atoms with van der Waals surface area (Å²) in [4.78, 5) is 13.7. The van der Waals surface area contributed by atoms with E-state index in [9.17, 15) is 18.0 Å². The van der Waals surface area contributed by atoms with Gasteiger partial charge in [-0.2, -0.15) is 18.3 Å². The zero-order chi connectivity index (χ0) is 17.3. The van der Waals surface area contributed by atoms with E-state index in [1.165, 1.54) is 28.3 Å². The molecule has 1 amide bonds. The van der Waals surface area contributed by atoms with Crippen LogP contribution in [0.3, 0.4) is 0 Å². The topological polar surface area (TPSA) is 46.9 Å². The van der Waals surface area contributed by atoms with Gasteiger partial charge < -0.3 is 5.32 Å². The Morgan fingerprint density at radius 2 is 2.04 bits per heavy atom. The molecule has 3 aromatic rings. The average molecular weight is 351 g/mol. The molecule has 124 valence electrons. The number of hydrogen-bond donors (Lipinski definition) is 1. The van der Waals surface area contributed by atoms with Crippen LogP contribution in [0.5, 0.6) is 0 Å². The van der Waals surface area contributed by atoms with Crippen LogP contribution in [-0.4, -0.2) is 15.7 Å². The molecule has 0 saturated carbocycles. The molecule has 0 aliphatic heterocycles. The Bertz CT molecular complexity index is 869. The second-order valence-electron chi connectivity index (χ2n) is 5.04. The third kappa shape index (κ3) is 3.33. The van der Waals surface area contributed by atoms with E-state index in [1.54, 1.807) is 24.4 Å². The van der Waals surface area contributed by atoms with E-state index in [0.717, 1.165) is 17.0 Å². The van der Waals surface area contributed by atoms with E-state index >= 15 is 0 Å². The lowest BCUT2D eigenvalue weighted by molar-refractivity contribution is -0.137. The SMILES string of the molecule is Cc1ccc(C(=O)Nc2cc(C(F)(F)F)ccc2-n2cccn2)s1. The Balaban J connectivity index is 2.01. The van der Waals surface area contributed by atoms with Gasteiger partial charge in [0.05, 0.1) is 21.8 Å². The first-order valence-electron chi connectivity index (χ1n) is 6.93. The van der Waals surface area contributed by atoms with Crippen LogP contribution in [0.25, 0.3) is 5.69 Å². The largest absolute Gasteiger partial charge is 0.416 e. The summed E-state index contributed by atoms with van der Waals surface area (Å²) in [6.07, 6.45) is -1.40. The highest BCUT2D eigenvalue weighted by Crippen LogP contribution is 2.33. The van der Waals surface area contributed by atoms with E-state index in [1.807, 2.05) is 6.92 Å². The van der Waals surface area contributed by atoms with Gasteiger partial charge in [0.1, 0.15) is 0 Å². The van der Waals surface area contributed by atoms with E-state index in [0.29, 0.717) is 10.6 Å². The molecule has 0 bridgehead atoms. The molecule has 1 aromatic carbocycles. The maximum atomic E-state index is 13.0. The maximum absolute atomic E-state index is 13.0. The lowest BCUT2D eigenvalue weighted by Crippen LogP contribution is -2.14. The molecule has 0 aliphatic rings. The van der Waals surface area contributed by atoms with Gasteiger partial charge in [-0.25, -0.2) is 4.68 Å². The van der Waals surface area contributed by atoms with E-state index in [2.05, 4.69) is 10.4 Å². The van der Waals surface area contributed by atoms with Crippen molar-refractivity contribution in [1.29, 1.82) is 0 Å². The summed E-state index contributed by atoms with van der Waals surface area (Å²) in [5.74, 6) is -0.458. The van der Waals surface area contributed by atoms with E-state index < -0.39 is 17.6 Å². The first kappa shape index (κ1) is 16.3. The monoisotopic (exact) mass is 351 g/mol. The molecule has 0 spiro atoms. The molecule has 0 aliphatic carbocycles. The first-order chi connectivity index (χ1) is 11.3. The number of carbonyl (C=O) groups is 1. The van der Waals surface area contributed by atoms with E-state index in [4.69, 9.17) is 0 Å².